The number of nitrogens with one attached hydrogen (secondary N) is 2. The van der Waals surface area contributed by atoms with Crippen LogP contribution < -0.4 is 10.6 Å². The van der Waals surface area contributed by atoms with E-state index in [-0.39, 0.29) is 18.0 Å². The Morgan fingerprint density at radius 1 is 1.40 bits per heavy atom. The lowest BCUT2D eigenvalue weighted by atomic mass is 10.2. The number of amides is 1. The van der Waals surface area contributed by atoms with Crippen molar-refractivity contribution in [2.24, 2.45) is 0 Å². The predicted molar refractivity (Wildman–Crippen MR) is 74.9 cm³/mol. The van der Waals surface area contributed by atoms with Crippen molar-refractivity contribution in [3.05, 3.63) is 24.0 Å². The van der Waals surface area contributed by atoms with E-state index in [1.165, 1.54) is 12.1 Å². The summed E-state index contributed by atoms with van der Waals surface area (Å²) in [7, 11) is 1.78. The molecule has 0 fully saturated rings. The standard InChI is InChI=1S/C13H17F3N2OS/c1-17-6-2-3-13(19)18-10-7-9(14)4-5-11(10)20-8-12(15)16/h4-5,7,12,17H,2-3,6,8H2,1H3,(H,18,19). The van der Waals surface area contributed by atoms with Crippen molar-refractivity contribution in [1.29, 1.82) is 0 Å². The molecule has 7 heteroatoms. The van der Waals surface area contributed by atoms with Gasteiger partial charge in [-0.05, 0) is 38.2 Å². The summed E-state index contributed by atoms with van der Waals surface area (Å²) >= 11 is 0.890. The van der Waals surface area contributed by atoms with E-state index in [1.54, 1.807) is 7.05 Å². The fourth-order valence-corrected chi connectivity index (χ4v) is 2.25. The molecule has 0 heterocycles. The third-order valence-corrected chi connectivity index (χ3v) is 3.50. The first-order chi connectivity index (χ1) is 9.52. The van der Waals surface area contributed by atoms with Gasteiger partial charge in [-0.25, -0.2) is 13.2 Å². The quantitative estimate of drug-likeness (QED) is 0.573. The zero-order chi connectivity index (χ0) is 15.0. The summed E-state index contributed by atoms with van der Waals surface area (Å²) in [6, 6.07) is 3.72. The maximum Gasteiger partial charge on any atom is 0.247 e. The lowest BCUT2D eigenvalue weighted by Crippen LogP contribution is -2.15. The van der Waals surface area contributed by atoms with Crippen LogP contribution in [0.1, 0.15) is 12.8 Å². The Balaban J connectivity index is 2.66. The molecule has 0 bridgehead atoms. The molecule has 0 aromatic heterocycles. The van der Waals surface area contributed by atoms with E-state index in [2.05, 4.69) is 10.6 Å². The van der Waals surface area contributed by atoms with Crippen LogP contribution >= 0.6 is 11.8 Å². The molecule has 0 radical (unpaired) electrons. The number of anilines is 1. The van der Waals surface area contributed by atoms with Crippen LogP contribution in [0.4, 0.5) is 18.9 Å². The first kappa shape index (κ1) is 16.8. The molecular weight excluding hydrogens is 289 g/mol. The minimum absolute atomic E-state index is 0.241. The highest BCUT2D eigenvalue weighted by Gasteiger charge is 2.11. The van der Waals surface area contributed by atoms with Crippen molar-refractivity contribution in [1.82, 2.24) is 5.32 Å². The average molecular weight is 306 g/mol. The lowest BCUT2D eigenvalue weighted by molar-refractivity contribution is -0.116. The third-order valence-electron chi connectivity index (χ3n) is 2.41. The van der Waals surface area contributed by atoms with E-state index >= 15 is 0 Å². The maximum atomic E-state index is 13.2. The van der Waals surface area contributed by atoms with Gasteiger partial charge in [-0.2, -0.15) is 0 Å². The Bertz CT molecular complexity index is 444. The van der Waals surface area contributed by atoms with Crippen LogP contribution in [0.25, 0.3) is 0 Å². The second-order valence-electron chi connectivity index (χ2n) is 4.10. The van der Waals surface area contributed by atoms with Gasteiger partial charge >= 0.3 is 0 Å². The Hall–Kier alpha value is -1.21. The SMILES string of the molecule is CNCCCC(=O)Nc1cc(F)ccc1SCC(F)F. The van der Waals surface area contributed by atoms with Gasteiger partial charge in [0.2, 0.25) is 12.3 Å². The van der Waals surface area contributed by atoms with Crippen molar-refractivity contribution < 1.29 is 18.0 Å². The summed E-state index contributed by atoms with van der Waals surface area (Å²) in [5.41, 5.74) is 0.241. The van der Waals surface area contributed by atoms with E-state index in [9.17, 15) is 18.0 Å². The summed E-state index contributed by atoms with van der Waals surface area (Å²) in [6.45, 7) is 0.698. The van der Waals surface area contributed by atoms with Crippen molar-refractivity contribution in [2.45, 2.75) is 24.2 Å². The van der Waals surface area contributed by atoms with E-state index < -0.39 is 18.0 Å². The second-order valence-corrected chi connectivity index (χ2v) is 5.16. The molecular formula is C13H17F3N2OS. The minimum Gasteiger partial charge on any atom is -0.325 e. The number of halogens is 3. The van der Waals surface area contributed by atoms with Gasteiger partial charge in [-0.15, -0.1) is 11.8 Å². The topological polar surface area (TPSA) is 41.1 Å². The molecule has 0 unspecified atom stereocenters. The van der Waals surface area contributed by atoms with E-state index in [0.29, 0.717) is 17.9 Å². The largest absolute Gasteiger partial charge is 0.325 e. The Morgan fingerprint density at radius 3 is 2.80 bits per heavy atom. The van der Waals surface area contributed by atoms with Crippen molar-refractivity contribution >= 4 is 23.4 Å². The van der Waals surface area contributed by atoms with Gasteiger partial charge < -0.3 is 10.6 Å². The molecule has 1 amide bonds. The number of alkyl halides is 2. The van der Waals surface area contributed by atoms with Gasteiger partial charge in [0, 0.05) is 11.3 Å². The maximum absolute atomic E-state index is 13.2. The number of rotatable bonds is 8. The van der Waals surface area contributed by atoms with Crippen molar-refractivity contribution in [3.63, 3.8) is 0 Å². The molecule has 0 aliphatic carbocycles. The number of carbonyl (C=O) groups is 1. The molecule has 112 valence electrons. The van der Waals surface area contributed by atoms with Gasteiger partial charge in [0.1, 0.15) is 5.82 Å². The van der Waals surface area contributed by atoms with Gasteiger partial charge in [0.15, 0.2) is 0 Å². The highest BCUT2D eigenvalue weighted by Crippen LogP contribution is 2.29. The van der Waals surface area contributed by atoms with E-state index in [4.69, 9.17) is 0 Å². The first-order valence-corrected chi connectivity index (χ1v) is 7.16. The highest BCUT2D eigenvalue weighted by atomic mass is 32.2. The Labute approximate surface area is 120 Å². The smallest absolute Gasteiger partial charge is 0.247 e. The van der Waals surface area contributed by atoms with Crippen LogP contribution in [0.2, 0.25) is 0 Å². The number of hydrogen-bond acceptors (Lipinski definition) is 3. The van der Waals surface area contributed by atoms with Gasteiger partial charge in [0.05, 0.1) is 11.4 Å². The zero-order valence-electron chi connectivity index (χ0n) is 11.1. The van der Waals surface area contributed by atoms with Gasteiger partial charge in [0.25, 0.3) is 0 Å². The summed E-state index contributed by atoms with van der Waals surface area (Å²) < 4.78 is 37.6. The fourth-order valence-electron chi connectivity index (χ4n) is 1.52. The molecule has 0 aliphatic rings. The molecule has 2 N–H and O–H groups in total. The van der Waals surface area contributed by atoms with E-state index in [0.717, 1.165) is 17.8 Å². The first-order valence-electron chi connectivity index (χ1n) is 6.18. The zero-order valence-corrected chi connectivity index (χ0v) is 11.9. The van der Waals surface area contributed by atoms with Crippen molar-refractivity contribution in [3.8, 4) is 0 Å². The van der Waals surface area contributed by atoms with Crippen LogP contribution in [-0.4, -0.2) is 31.7 Å². The summed E-state index contributed by atoms with van der Waals surface area (Å²) in [5.74, 6) is -1.17. The molecule has 0 aliphatic heterocycles. The molecule has 1 aromatic rings. The minimum atomic E-state index is -2.45. The lowest BCUT2D eigenvalue weighted by Gasteiger charge is -2.11. The van der Waals surface area contributed by atoms with Crippen LogP contribution in [0.5, 0.6) is 0 Å². The van der Waals surface area contributed by atoms with Crippen LogP contribution in [0.3, 0.4) is 0 Å². The van der Waals surface area contributed by atoms with Crippen LogP contribution in [0.15, 0.2) is 23.1 Å². The highest BCUT2D eigenvalue weighted by molar-refractivity contribution is 7.99. The molecule has 0 saturated carbocycles. The molecule has 0 spiro atoms. The second kappa shape index (κ2) is 8.86. The molecule has 1 rings (SSSR count). The molecule has 0 atom stereocenters. The van der Waals surface area contributed by atoms with Crippen LogP contribution in [-0.2, 0) is 4.79 Å². The monoisotopic (exact) mass is 306 g/mol. The normalized spacial score (nSPS) is 10.8. The Morgan fingerprint density at radius 2 is 2.15 bits per heavy atom. The van der Waals surface area contributed by atoms with Crippen molar-refractivity contribution in [2.75, 3.05) is 24.7 Å². The average Bonchev–Trinajstić information content (AvgIpc) is 2.38. The Kier molecular flexibility index (Phi) is 7.46. The van der Waals surface area contributed by atoms with E-state index in [1.807, 2.05) is 0 Å². The summed E-state index contributed by atoms with van der Waals surface area (Å²) in [6.07, 6.45) is -1.52. The molecule has 1 aromatic carbocycles. The fraction of sp³-hybridized carbons (Fsp3) is 0.462. The van der Waals surface area contributed by atoms with Crippen LogP contribution in [0, 0.1) is 5.82 Å². The number of thioether (sulfide) groups is 1. The number of hydrogen-bond donors (Lipinski definition) is 2. The molecule has 3 nitrogen and oxygen atoms in total. The van der Waals surface area contributed by atoms with Gasteiger partial charge in [-0.1, -0.05) is 0 Å². The third kappa shape index (κ3) is 6.29. The number of benzene rings is 1. The summed E-state index contributed by atoms with van der Waals surface area (Å²) in [4.78, 5) is 12.1. The molecule has 20 heavy (non-hydrogen) atoms. The predicted octanol–water partition coefficient (Wildman–Crippen LogP) is 3.12. The number of carbonyl (C=O) groups excluding carboxylic acids is 1. The molecule has 0 saturated heterocycles. The summed E-state index contributed by atoms with van der Waals surface area (Å²) in [5, 5.41) is 5.47. The van der Waals surface area contributed by atoms with Gasteiger partial charge in [-0.3, -0.25) is 4.79 Å².